The predicted molar refractivity (Wildman–Crippen MR) is 105 cm³/mol. The normalized spacial score (nSPS) is 19.9. The van der Waals surface area contributed by atoms with E-state index in [1.165, 1.54) is 11.1 Å². The highest BCUT2D eigenvalue weighted by Crippen LogP contribution is 2.59. The molecule has 2 nitrogen and oxygen atoms in total. The molecule has 1 aliphatic rings. The minimum absolute atomic E-state index is 0.00757. The molecule has 3 aromatic rings. The third-order valence-corrected chi connectivity index (χ3v) is 6.42. The van der Waals surface area contributed by atoms with Crippen LogP contribution in [0.4, 0.5) is 0 Å². The van der Waals surface area contributed by atoms with Crippen molar-refractivity contribution in [2.45, 2.75) is 31.6 Å². The van der Waals surface area contributed by atoms with Crippen molar-refractivity contribution >= 4 is 0 Å². The van der Waals surface area contributed by atoms with E-state index in [4.69, 9.17) is 0 Å². The molecule has 1 aliphatic carbocycles. The summed E-state index contributed by atoms with van der Waals surface area (Å²) in [5.74, 6) is 0.835. The smallest absolute Gasteiger partial charge is 0.115 e. The summed E-state index contributed by atoms with van der Waals surface area (Å²) in [6.45, 7) is 6.91. The first-order valence-corrected chi connectivity index (χ1v) is 9.07. The lowest BCUT2D eigenvalue weighted by molar-refractivity contribution is 0.298. The summed E-state index contributed by atoms with van der Waals surface area (Å²) in [6, 6.07) is 23.8. The molecule has 0 aliphatic heterocycles. The molecular formula is C24H24O2. The van der Waals surface area contributed by atoms with Crippen LogP contribution in [0.15, 0.2) is 72.8 Å². The van der Waals surface area contributed by atoms with Gasteiger partial charge in [-0.15, -0.1) is 0 Å². The molecule has 0 saturated carbocycles. The van der Waals surface area contributed by atoms with Gasteiger partial charge in [0.1, 0.15) is 11.5 Å². The van der Waals surface area contributed by atoms with E-state index < -0.39 is 0 Å². The van der Waals surface area contributed by atoms with Crippen LogP contribution in [0.3, 0.4) is 0 Å². The number of hydrogen-bond donors (Lipinski definition) is 2. The molecule has 132 valence electrons. The van der Waals surface area contributed by atoms with E-state index in [-0.39, 0.29) is 22.3 Å². The highest BCUT2D eigenvalue weighted by molar-refractivity contribution is 5.61. The molecule has 0 amide bonds. The maximum Gasteiger partial charge on any atom is 0.115 e. The van der Waals surface area contributed by atoms with Crippen LogP contribution in [0.25, 0.3) is 0 Å². The van der Waals surface area contributed by atoms with E-state index in [0.717, 1.165) is 11.1 Å². The molecular weight excluding hydrogens is 320 g/mol. The first-order valence-electron chi connectivity index (χ1n) is 9.07. The summed E-state index contributed by atoms with van der Waals surface area (Å²) < 4.78 is 0. The molecule has 1 unspecified atom stereocenters. The van der Waals surface area contributed by atoms with Gasteiger partial charge in [0.05, 0.1) is 0 Å². The van der Waals surface area contributed by atoms with Crippen molar-refractivity contribution in [2.24, 2.45) is 5.92 Å². The number of benzene rings is 3. The molecule has 2 N–H and O–H groups in total. The Balaban J connectivity index is 2.10. The minimum atomic E-state index is -0.332. The molecule has 26 heavy (non-hydrogen) atoms. The van der Waals surface area contributed by atoms with Crippen LogP contribution in [0.1, 0.15) is 43.0 Å². The average Bonchev–Trinajstić information content (AvgIpc) is 2.82. The van der Waals surface area contributed by atoms with E-state index in [0.29, 0.717) is 5.92 Å². The molecule has 4 rings (SSSR count). The van der Waals surface area contributed by atoms with Gasteiger partial charge in [0.2, 0.25) is 0 Å². The van der Waals surface area contributed by atoms with E-state index in [1.54, 1.807) is 24.3 Å². The van der Waals surface area contributed by atoms with Gasteiger partial charge in [0.15, 0.2) is 0 Å². The highest BCUT2D eigenvalue weighted by Gasteiger charge is 2.55. The molecule has 3 aromatic carbocycles. The van der Waals surface area contributed by atoms with Crippen LogP contribution < -0.4 is 0 Å². The van der Waals surface area contributed by atoms with Gasteiger partial charge in [-0.25, -0.2) is 0 Å². The second kappa shape index (κ2) is 5.63. The second-order valence-corrected chi connectivity index (χ2v) is 7.89. The van der Waals surface area contributed by atoms with Gasteiger partial charge < -0.3 is 10.2 Å². The minimum Gasteiger partial charge on any atom is -0.508 e. The van der Waals surface area contributed by atoms with Gasteiger partial charge in [-0.3, -0.25) is 0 Å². The Hall–Kier alpha value is -2.74. The number of phenolic OH excluding ortho intramolecular Hbond substituents is 2. The fourth-order valence-electron chi connectivity index (χ4n) is 4.82. The number of hydrogen-bond acceptors (Lipinski definition) is 2. The molecule has 0 radical (unpaired) electrons. The molecule has 0 aromatic heterocycles. The van der Waals surface area contributed by atoms with E-state index >= 15 is 0 Å². The van der Waals surface area contributed by atoms with Crippen LogP contribution in [-0.2, 0) is 10.8 Å². The number of aromatic hydroxyl groups is 2. The van der Waals surface area contributed by atoms with E-state index in [2.05, 4.69) is 45.0 Å². The van der Waals surface area contributed by atoms with Crippen LogP contribution in [0.5, 0.6) is 11.5 Å². The maximum atomic E-state index is 9.82. The van der Waals surface area contributed by atoms with E-state index in [9.17, 15) is 10.2 Å². The zero-order valence-electron chi connectivity index (χ0n) is 15.4. The van der Waals surface area contributed by atoms with E-state index in [1.807, 2.05) is 24.3 Å². The zero-order chi connectivity index (χ0) is 18.5. The SMILES string of the molecule is CC1C(C)(C)c2ccccc2C1(c1ccc(O)cc1)c1ccc(O)cc1. The van der Waals surface area contributed by atoms with Gasteiger partial charge in [0.25, 0.3) is 0 Å². The molecule has 2 heteroatoms. The predicted octanol–water partition coefficient (Wildman–Crippen LogP) is 5.36. The Morgan fingerprint density at radius 1 is 0.654 bits per heavy atom. The summed E-state index contributed by atoms with van der Waals surface area (Å²) in [5, 5.41) is 19.6. The Morgan fingerprint density at radius 3 is 1.54 bits per heavy atom. The van der Waals surface area contributed by atoms with Gasteiger partial charge in [0, 0.05) is 5.41 Å². The summed E-state index contributed by atoms with van der Waals surface area (Å²) in [7, 11) is 0. The summed E-state index contributed by atoms with van der Waals surface area (Å²) in [6.07, 6.45) is 0. The van der Waals surface area contributed by atoms with Crippen LogP contribution >= 0.6 is 0 Å². The molecule has 0 bridgehead atoms. The lowest BCUT2D eigenvalue weighted by Crippen LogP contribution is -2.38. The van der Waals surface area contributed by atoms with Crippen LogP contribution in [-0.4, -0.2) is 10.2 Å². The summed E-state index contributed by atoms with van der Waals surface area (Å²) >= 11 is 0. The summed E-state index contributed by atoms with van der Waals surface area (Å²) in [5.41, 5.74) is 4.63. The third kappa shape index (κ3) is 2.11. The number of rotatable bonds is 2. The topological polar surface area (TPSA) is 40.5 Å². The highest BCUT2D eigenvalue weighted by atomic mass is 16.3. The number of fused-ring (bicyclic) bond motifs is 1. The quantitative estimate of drug-likeness (QED) is 0.657. The Labute approximate surface area is 154 Å². The first kappa shape index (κ1) is 16.7. The van der Waals surface area contributed by atoms with Gasteiger partial charge >= 0.3 is 0 Å². The molecule has 0 fully saturated rings. The van der Waals surface area contributed by atoms with Crippen LogP contribution in [0.2, 0.25) is 0 Å². The van der Waals surface area contributed by atoms with Crippen molar-refractivity contribution in [3.8, 4) is 11.5 Å². The lowest BCUT2D eigenvalue weighted by Gasteiger charge is -2.40. The van der Waals surface area contributed by atoms with Crippen molar-refractivity contribution in [1.82, 2.24) is 0 Å². The zero-order valence-corrected chi connectivity index (χ0v) is 15.4. The largest absolute Gasteiger partial charge is 0.508 e. The third-order valence-electron chi connectivity index (χ3n) is 6.42. The van der Waals surface area contributed by atoms with Crippen molar-refractivity contribution in [3.63, 3.8) is 0 Å². The van der Waals surface area contributed by atoms with Gasteiger partial charge in [-0.2, -0.15) is 0 Å². The fourth-order valence-corrected chi connectivity index (χ4v) is 4.82. The molecule has 0 spiro atoms. The standard InChI is InChI=1S/C24H24O2/c1-16-23(2,3)21-6-4-5-7-22(21)24(16,17-8-12-19(25)13-9-17)18-10-14-20(26)15-11-18/h4-16,25-26H,1-3H3. The Kier molecular flexibility index (Phi) is 3.62. The Bertz CT molecular complexity index is 891. The average molecular weight is 344 g/mol. The summed E-state index contributed by atoms with van der Waals surface area (Å²) in [4.78, 5) is 0. The lowest BCUT2D eigenvalue weighted by atomic mass is 9.62. The molecule has 0 heterocycles. The first-order chi connectivity index (χ1) is 12.4. The second-order valence-electron chi connectivity index (χ2n) is 7.89. The maximum absolute atomic E-state index is 9.82. The van der Waals surface area contributed by atoms with Crippen LogP contribution in [0, 0.1) is 5.92 Å². The molecule has 1 atom stereocenters. The van der Waals surface area contributed by atoms with Crippen molar-refractivity contribution in [1.29, 1.82) is 0 Å². The Morgan fingerprint density at radius 2 is 1.08 bits per heavy atom. The monoisotopic (exact) mass is 344 g/mol. The molecule has 0 saturated heterocycles. The number of phenols is 2. The fraction of sp³-hybridized carbons (Fsp3) is 0.250. The van der Waals surface area contributed by atoms with Gasteiger partial charge in [-0.05, 0) is 57.9 Å². The van der Waals surface area contributed by atoms with Crippen molar-refractivity contribution in [3.05, 3.63) is 95.1 Å². The van der Waals surface area contributed by atoms with Gasteiger partial charge in [-0.1, -0.05) is 69.3 Å². The van der Waals surface area contributed by atoms with Crippen molar-refractivity contribution < 1.29 is 10.2 Å². The van der Waals surface area contributed by atoms with Crippen molar-refractivity contribution in [2.75, 3.05) is 0 Å².